The van der Waals surface area contributed by atoms with Crippen molar-refractivity contribution in [2.45, 2.75) is 13.8 Å². The van der Waals surface area contributed by atoms with E-state index in [1.54, 1.807) is 0 Å². The Morgan fingerprint density at radius 1 is 0.800 bits per heavy atom. The quantitative estimate of drug-likeness (QED) is 0.455. The summed E-state index contributed by atoms with van der Waals surface area (Å²) in [6, 6.07) is 7.96. The molecule has 20 heavy (non-hydrogen) atoms. The van der Waals surface area contributed by atoms with Crippen LogP contribution >= 0.6 is 0 Å². The number of nitrogens with zero attached hydrogens (tertiary/aromatic N) is 2. The number of hydrogen-bond acceptors (Lipinski definition) is 2. The predicted molar refractivity (Wildman–Crippen MR) is 82.4 cm³/mol. The Labute approximate surface area is 117 Å². The Morgan fingerprint density at radius 2 is 1.20 bits per heavy atom. The zero-order chi connectivity index (χ0) is 14.3. The van der Waals surface area contributed by atoms with E-state index in [4.69, 9.17) is 12.8 Å². The number of terminal acetylenes is 2. The fourth-order valence-electron chi connectivity index (χ4n) is 2.35. The Hall–Kier alpha value is -2.84. The molecule has 0 unspecified atom stereocenters. The highest BCUT2D eigenvalue weighted by Crippen LogP contribution is 2.25. The maximum Gasteiger partial charge on any atom is 0.0968 e. The van der Waals surface area contributed by atoms with Crippen LogP contribution in [0.2, 0.25) is 0 Å². The molecule has 0 atom stereocenters. The van der Waals surface area contributed by atoms with E-state index in [1.807, 2.05) is 38.1 Å². The monoisotopic (exact) mass is 256 g/mol. The highest BCUT2D eigenvalue weighted by molar-refractivity contribution is 6.03. The lowest BCUT2D eigenvalue weighted by Gasteiger charge is -2.07. The van der Waals surface area contributed by atoms with Crippen molar-refractivity contribution in [3.8, 4) is 24.7 Å². The summed E-state index contributed by atoms with van der Waals surface area (Å²) in [5.74, 6) is 5.31. The van der Waals surface area contributed by atoms with Crippen LogP contribution in [0.3, 0.4) is 0 Å². The van der Waals surface area contributed by atoms with Gasteiger partial charge < -0.3 is 0 Å². The van der Waals surface area contributed by atoms with Crippen LogP contribution in [-0.2, 0) is 0 Å². The second-order valence-electron chi connectivity index (χ2n) is 4.74. The molecule has 0 fully saturated rings. The number of fused-ring (bicyclic) bond motifs is 3. The minimum absolute atomic E-state index is 0.814. The van der Waals surface area contributed by atoms with E-state index < -0.39 is 0 Å². The first-order chi connectivity index (χ1) is 9.63. The van der Waals surface area contributed by atoms with E-state index in [-0.39, 0.29) is 0 Å². The van der Waals surface area contributed by atoms with Crippen molar-refractivity contribution in [2.75, 3.05) is 0 Å². The lowest BCUT2D eigenvalue weighted by Crippen LogP contribution is -1.94. The van der Waals surface area contributed by atoms with Crippen LogP contribution in [0.5, 0.6) is 0 Å². The Kier molecular flexibility index (Phi) is 2.67. The minimum atomic E-state index is 0.814. The molecule has 94 valence electrons. The molecule has 2 nitrogen and oxygen atoms in total. The predicted octanol–water partition coefficient (Wildman–Crippen LogP) is 3.36. The molecule has 0 saturated carbocycles. The van der Waals surface area contributed by atoms with Crippen LogP contribution in [0.4, 0.5) is 0 Å². The van der Waals surface area contributed by atoms with Gasteiger partial charge in [0.15, 0.2) is 0 Å². The van der Waals surface area contributed by atoms with Crippen molar-refractivity contribution < 1.29 is 0 Å². The van der Waals surface area contributed by atoms with E-state index in [9.17, 15) is 0 Å². The van der Waals surface area contributed by atoms with Crippen molar-refractivity contribution in [2.24, 2.45) is 0 Å². The van der Waals surface area contributed by atoms with E-state index >= 15 is 0 Å². The molecule has 3 aromatic rings. The molecule has 0 spiro atoms. The minimum Gasteiger partial charge on any atom is -0.250 e. The maximum atomic E-state index is 5.49. The third-order valence-corrected chi connectivity index (χ3v) is 3.46. The second kappa shape index (κ2) is 4.37. The van der Waals surface area contributed by atoms with E-state index in [0.29, 0.717) is 0 Å². The molecule has 0 aliphatic heterocycles. The fraction of sp³-hybridized carbons (Fsp3) is 0.111. The van der Waals surface area contributed by atoms with Crippen LogP contribution in [0.1, 0.15) is 22.5 Å². The number of benzene rings is 1. The number of pyridine rings is 2. The van der Waals surface area contributed by atoms with Crippen molar-refractivity contribution in [1.82, 2.24) is 9.97 Å². The van der Waals surface area contributed by atoms with Gasteiger partial charge in [-0.15, -0.1) is 12.8 Å². The summed E-state index contributed by atoms with van der Waals surface area (Å²) in [5, 5.41) is 1.99. The average Bonchev–Trinajstić information content (AvgIpc) is 2.46. The van der Waals surface area contributed by atoms with Crippen molar-refractivity contribution in [3.63, 3.8) is 0 Å². The van der Waals surface area contributed by atoms with Crippen molar-refractivity contribution >= 4 is 21.8 Å². The largest absolute Gasteiger partial charge is 0.250 e. The van der Waals surface area contributed by atoms with Crippen molar-refractivity contribution in [3.05, 3.63) is 46.8 Å². The summed E-state index contributed by atoms with van der Waals surface area (Å²) >= 11 is 0. The molecule has 3 rings (SSSR count). The highest BCUT2D eigenvalue weighted by Gasteiger charge is 2.08. The number of hydrogen-bond donors (Lipinski definition) is 0. The Morgan fingerprint density at radius 3 is 1.55 bits per heavy atom. The average molecular weight is 256 g/mol. The van der Waals surface area contributed by atoms with Gasteiger partial charge in [0.05, 0.1) is 22.4 Å². The SMILES string of the molecule is C#Cc1cc2ccc3cc(C#C)c(C)nc3c2nc1C. The van der Waals surface area contributed by atoms with Gasteiger partial charge >= 0.3 is 0 Å². The van der Waals surface area contributed by atoms with E-state index in [2.05, 4.69) is 21.8 Å². The van der Waals surface area contributed by atoms with Gasteiger partial charge in [-0.25, -0.2) is 9.97 Å². The molecule has 0 aliphatic rings. The van der Waals surface area contributed by atoms with Crippen molar-refractivity contribution in [1.29, 1.82) is 0 Å². The Balaban J connectivity index is 2.48. The molecular formula is C18H12N2. The third kappa shape index (κ3) is 1.71. The molecule has 0 N–H and O–H groups in total. The molecule has 0 saturated heterocycles. The lowest BCUT2D eigenvalue weighted by atomic mass is 10.0. The van der Waals surface area contributed by atoms with E-state index in [1.165, 1.54) is 0 Å². The molecule has 0 amide bonds. The van der Waals surface area contributed by atoms with Gasteiger partial charge in [0.25, 0.3) is 0 Å². The standard InChI is InChI=1S/C18H12N2/c1-5-13-9-15-7-8-16-10-14(6-2)12(4)20-18(16)17(15)19-11(13)3/h1-2,7-10H,3-4H3. The fourth-order valence-corrected chi connectivity index (χ4v) is 2.35. The molecule has 0 radical (unpaired) electrons. The number of aryl methyl sites for hydroxylation is 2. The molecule has 0 aliphatic carbocycles. The Bertz CT molecular complexity index is 859. The molecular weight excluding hydrogens is 244 g/mol. The van der Waals surface area contributed by atoms with Crippen LogP contribution in [-0.4, -0.2) is 9.97 Å². The maximum absolute atomic E-state index is 5.49. The van der Waals surface area contributed by atoms with Gasteiger partial charge in [-0.05, 0) is 26.0 Å². The first-order valence-corrected chi connectivity index (χ1v) is 6.29. The summed E-state index contributed by atoms with van der Waals surface area (Å²) in [4.78, 5) is 9.23. The van der Waals surface area contributed by atoms with Crippen LogP contribution in [0.25, 0.3) is 21.8 Å². The molecule has 2 heterocycles. The van der Waals surface area contributed by atoms with Crippen LogP contribution in [0.15, 0.2) is 24.3 Å². The summed E-state index contributed by atoms with van der Waals surface area (Å²) in [7, 11) is 0. The number of rotatable bonds is 0. The first-order valence-electron chi connectivity index (χ1n) is 6.29. The lowest BCUT2D eigenvalue weighted by molar-refractivity contribution is 1.21. The highest BCUT2D eigenvalue weighted by atomic mass is 14.8. The van der Waals surface area contributed by atoms with Crippen LogP contribution in [0, 0.1) is 38.5 Å². The normalized spacial score (nSPS) is 10.4. The summed E-state index contributed by atoms with van der Waals surface area (Å²) < 4.78 is 0. The molecule has 0 bridgehead atoms. The summed E-state index contributed by atoms with van der Waals surface area (Å²) in [6.45, 7) is 3.83. The van der Waals surface area contributed by atoms with Gasteiger partial charge in [-0.2, -0.15) is 0 Å². The summed E-state index contributed by atoms with van der Waals surface area (Å²) in [5.41, 5.74) is 5.04. The smallest absolute Gasteiger partial charge is 0.0968 e. The van der Waals surface area contributed by atoms with Gasteiger partial charge in [0.1, 0.15) is 0 Å². The zero-order valence-corrected chi connectivity index (χ0v) is 11.4. The summed E-state index contributed by atoms with van der Waals surface area (Å²) in [6.07, 6.45) is 11.0. The molecule has 1 aromatic carbocycles. The second-order valence-corrected chi connectivity index (χ2v) is 4.74. The molecule has 2 aromatic heterocycles. The van der Waals surface area contributed by atoms with Gasteiger partial charge in [0, 0.05) is 21.9 Å². The number of aromatic nitrogens is 2. The topological polar surface area (TPSA) is 25.8 Å². The third-order valence-electron chi connectivity index (χ3n) is 3.46. The van der Waals surface area contributed by atoms with Gasteiger partial charge in [-0.3, -0.25) is 0 Å². The van der Waals surface area contributed by atoms with Gasteiger partial charge in [-0.1, -0.05) is 24.0 Å². The van der Waals surface area contributed by atoms with Gasteiger partial charge in [0.2, 0.25) is 0 Å². The van der Waals surface area contributed by atoms with Crippen LogP contribution < -0.4 is 0 Å². The zero-order valence-electron chi connectivity index (χ0n) is 11.4. The van der Waals surface area contributed by atoms with E-state index in [0.717, 1.165) is 44.3 Å². The molecule has 2 heteroatoms. The first kappa shape index (κ1) is 12.2.